The first kappa shape index (κ1) is 26.0. The quantitative estimate of drug-likeness (QED) is 0.488. The van der Waals surface area contributed by atoms with E-state index in [4.69, 9.17) is 19.1 Å². The van der Waals surface area contributed by atoms with Gasteiger partial charge in [-0.25, -0.2) is 0 Å². The Hall–Kier alpha value is -3.66. The summed E-state index contributed by atoms with van der Waals surface area (Å²) in [6.07, 6.45) is 1.89. The lowest BCUT2D eigenvalue weighted by Gasteiger charge is -2.36. The van der Waals surface area contributed by atoms with E-state index in [1.54, 1.807) is 48.2 Å². The molecule has 2 aromatic rings. The third-order valence-electron chi connectivity index (χ3n) is 6.26. The SMILES string of the molecule is Cc1ccc(C(=O)Nc2ccc(C(=O)N3CCC4(CC3)CC(CN(C)C)OC4=O)cc2)o1.O=CO. The van der Waals surface area contributed by atoms with E-state index in [1.807, 2.05) is 19.0 Å². The van der Waals surface area contributed by atoms with Crippen molar-refractivity contribution in [1.82, 2.24) is 9.80 Å². The molecule has 188 valence electrons. The monoisotopic (exact) mass is 485 g/mol. The average molecular weight is 486 g/mol. The van der Waals surface area contributed by atoms with Crippen LogP contribution in [0.5, 0.6) is 0 Å². The summed E-state index contributed by atoms with van der Waals surface area (Å²) in [7, 11) is 3.93. The van der Waals surface area contributed by atoms with E-state index in [-0.39, 0.29) is 36.1 Å². The third kappa shape index (κ3) is 6.27. The fourth-order valence-corrected chi connectivity index (χ4v) is 4.52. The molecule has 3 heterocycles. The van der Waals surface area contributed by atoms with Crippen LogP contribution in [0.15, 0.2) is 40.8 Å². The molecule has 1 aromatic heterocycles. The fourth-order valence-electron chi connectivity index (χ4n) is 4.52. The molecule has 1 unspecified atom stereocenters. The third-order valence-corrected chi connectivity index (χ3v) is 6.26. The number of hydrogen-bond donors (Lipinski definition) is 2. The number of furan rings is 1. The van der Waals surface area contributed by atoms with Crippen molar-refractivity contribution in [2.45, 2.75) is 32.3 Å². The summed E-state index contributed by atoms with van der Waals surface area (Å²) in [6, 6.07) is 10.2. The van der Waals surface area contributed by atoms with E-state index >= 15 is 0 Å². The van der Waals surface area contributed by atoms with E-state index in [0.717, 1.165) is 13.0 Å². The van der Waals surface area contributed by atoms with Crippen LogP contribution in [0.4, 0.5) is 5.69 Å². The number of rotatable bonds is 5. The van der Waals surface area contributed by atoms with Crippen LogP contribution >= 0.6 is 0 Å². The van der Waals surface area contributed by atoms with Crippen molar-refractivity contribution in [2.75, 3.05) is 39.0 Å². The smallest absolute Gasteiger partial charge is 0.312 e. The number of aryl methyl sites for hydroxylation is 1. The molecule has 0 bridgehead atoms. The Kier molecular flexibility index (Phi) is 8.29. The number of carboxylic acid groups (broad SMARTS) is 1. The number of benzene rings is 1. The molecular weight excluding hydrogens is 454 g/mol. The van der Waals surface area contributed by atoms with E-state index in [2.05, 4.69) is 5.32 Å². The summed E-state index contributed by atoms with van der Waals surface area (Å²) >= 11 is 0. The van der Waals surface area contributed by atoms with Crippen molar-refractivity contribution in [1.29, 1.82) is 0 Å². The van der Waals surface area contributed by atoms with E-state index in [1.165, 1.54) is 0 Å². The summed E-state index contributed by atoms with van der Waals surface area (Å²) in [4.78, 5) is 49.9. The molecule has 0 radical (unpaired) electrons. The normalized spacial score (nSPS) is 18.6. The molecule has 2 aliphatic rings. The van der Waals surface area contributed by atoms with Gasteiger partial charge in [-0.3, -0.25) is 19.2 Å². The van der Waals surface area contributed by atoms with Crippen molar-refractivity contribution in [3.8, 4) is 0 Å². The number of amides is 2. The number of esters is 1. The zero-order valence-corrected chi connectivity index (χ0v) is 20.2. The summed E-state index contributed by atoms with van der Waals surface area (Å²) in [5.41, 5.74) is 0.668. The van der Waals surface area contributed by atoms with Gasteiger partial charge in [0.1, 0.15) is 11.9 Å². The van der Waals surface area contributed by atoms with Crippen molar-refractivity contribution in [3.05, 3.63) is 53.5 Å². The van der Waals surface area contributed by atoms with E-state index in [0.29, 0.717) is 42.9 Å². The van der Waals surface area contributed by atoms with Crippen LogP contribution in [-0.2, 0) is 14.3 Å². The first-order valence-electron chi connectivity index (χ1n) is 11.4. The van der Waals surface area contributed by atoms with Gasteiger partial charge in [-0.1, -0.05) is 0 Å². The Bertz CT molecular complexity index is 1050. The Balaban J connectivity index is 0.00000108. The number of cyclic esters (lactones) is 1. The van der Waals surface area contributed by atoms with Gasteiger partial charge in [0.05, 0.1) is 5.41 Å². The lowest BCUT2D eigenvalue weighted by atomic mass is 9.76. The lowest BCUT2D eigenvalue weighted by Crippen LogP contribution is -2.45. The van der Waals surface area contributed by atoms with Crippen LogP contribution in [0, 0.1) is 12.3 Å². The molecular formula is C25H31N3O7. The number of nitrogens with zero attached hydrogens (tertiary/aromatic N) is 2. The maximum absolute atomic E-state index is 13.0. The lowest BCUT2D eigenvalue weighted by molar-refractivity contribution is -0.150. The topological polar surface area (TPSA) is 129 Å². The van der Waals surface area contributed by atoms with Gasteiger partial charge in [-0.15, -0.1) is 0 Å². The number of likely N-dealkylation sites (N-methyl/N-ethyl adjacent to an activating group) is 1. The van der Waals surface area contributed by atoms with E-state index < -0.39 is 5.41 Å². The predicted molar refractivity (Wildman–Crippen MR) is 127 cm³/mol. The molecule has 35 heavy (non-hydrogen) atoms. The Labute approximate surface area is 203 Å². The summed E-state index contributed by atoms with van der Waals surface area (Å²) in [5.74, 6) is 0.370. The minimum Gasteiger partial charge on any atom is -0.483 e. The van der Waals surface area contributed by atoms with Crippen LogP contribution < -0.4 is 5.32 Å². The molecule has 2 amide bonds. The van der Waals surface area contributed by atoms with Gasteiger partial charge < -0.3 is 29.4 Å². The van der Waals surface area contributed by atoms with Gasteiger partial charge in [0, 0.05) is 37.3 Å². The Morgan fingerprint density at radius 3 is 2.34 bits per heavy atom. The molecule has 1 spiro atoms. The fraction of sp³-hybridized carbons (Fsp3) is 0.440. The molecule has 0 aliphatic carbocycles. The first-order chi connectivity index (χ1) is 16.7. The number of anilines is 1. The predicted octanol–water partition coefficient (Wildman–Crippen LogP) is 2.64. The molecule has 2 aliphatic heterocycles. The molecule has 2 N–H and O–H groups in total. The van der Waals surface area contributed by atoms with Crippen LogP contribution in [0.25, 0.3) is 0 Å². The maximum Gasteiger partial charge on any atom is 0.312 e. The Morgan fingerprint density at radius 1 is 1.17 bits per heavy atom. The second-order valence-corrected chi connectivity index (χ2v) is 9.11. The molecule has 1 aromatic carbocycles. The van der Waals surface area contributed by atoms with Gasteiger partial charge >= 0.3 is 5.97 Å². The number of nitrogens with one attached hydrogen (secondary N) is 1. The molecule has 10 nitrogen and oxygen atoms in total. The summed E-state index contributed by atoms with van der Waals surface area (Å²) in [5, 5.41) is 9.65. The minimum atomic E-state index is -0.462. The number of carbonyl (C=O) groups is 4. The molecule has 1 atom stereocenters. The van der Waals surface area contributed by atoms with Crippen LogP contribution in [0.2, 0.25) is 0 Å². The summed E-state index contributed by atoms with van der Waals surface area (Å²) < 4.78 is 10.9. The Morgan fingerprint density at radius 2 is 1.80 bits per heavy atom. The van der Waals surface area contributed by atoms with Crippen molar-refractivity contribution in [3.63, 3.8) is 0 Å². The number of piperidine rings is 1. The highest BCUT2D eigenvalue weighted by molar-refractivity contribution is 6.02. The molecule has 10 heteroatoms. The number of likely N-dealkylation sites (tertiary alicyclic amines) is 1. The highest BCUT2D eigenvalue weighted by Gasteiger charge is 2.50. The van der Waals surface area contributed by atoms with Gasteiger partial charge in [-0.2, -0.15) is 0 Å². The highest BCUT2D eigenvalue weighted by Crippen LogP contribution is 2.43. The van der Waals surface area contributed by atoms with Crippen LogP contribution in [0.3, 0.4) is 0 Å². The summed E-state index contributed by atoms with van der Waals surface area (Å²) in [6.45, 7) is 3.30. The van der Waals surface area contributed by atoms with Crippen molar-refractivity contribution in [2.24, 2.45) is 5.41 Å². The van der Waals surface area contributed by atoms with Crippen LogP contribution in [0.1, 0.15) is 45.9 Å². The van der Waals surface area contributed by atoms with Gasteiger partial charge in [0.2, 0.25) is 0 Å². The first-order valence-corrected chi connectivity index (χ1v) is 11.4. The van der Waals surface area contributed by atoms with E-state index in [9.17, 15) is 14.4 Å². The number of hydrogen-bond acceptors (Lipinski definition) is 7. The molecule has 2 saturated heterocycles. The number of ether oxygens (including phenoxy) is 1. The second kappa shape index (κ2) is 11.2. The van der Waals surface area contributed by atoms with Crippen LogP contribution in [-0.4, -0.2) is 79.0 Å². The van der Waals surface area contributed by atoms with Gasteiger partial charge in [0.25, 0.3) is 18.3 Å². The van der Waals surface area contributed by atoms with Crippen molar-refractivity contribution < 1.29 is 33.4 Å². The zero-order chi connectivity index (χ0) is 25.6. The second-order valence-electron chi connectivity index (χ2n) is 9.11. The molecule has 4 rings (SSSR count). The van der Waals surface area contributed by atoms with Gasteiger partial charge in [-0.05, 0) is 70.3 Å². The standard InChI is InChI=1S/C24H29N3O5.CH2O2/c1-16-4-9-20(31-16)21(28)25-18-7-5-17(6-8-18)22(29)27-12-10-24(11-13-27)14-19(15-26(2)3)32-23(24)30;2-1-3/h4-9,19H,10-15H2,1-3H3,(H,25,28);1H,(H,2,3). The van der Waals surface area contributed by atoms with Crippen molar-refractivity contribution >= 4 is 29.9 Å². The van der Waals surface area contributed by atoms with Gasteiger partial charge in [0.15, 0.2) is 5.76 Å². The largest absolute Gasteiger partial charge is 0.483 e. The molecule has 2 fully saturated rings. The maximum atomic E-state index is 13.0. The average Bonchev–Trinajstić information content (AvgIpc) is 3.37. The number of carbonyl (C=O) groups excluding carboxylic acids is 3. The minimum absolute atomic E-state index is 0.0735. The highest BCUT2D eigenvalue weighted by atomic mass is 16.6. The zero-order valence-electron chi connectivity index (χ0n) is 20.2. The molecule has 0 saturated carbocycles.